The van der Waals surface area contributed by atoms with Crippen molar-refractivity contribution in [3.8, 4) is 0 Å². The number of ether oxygens (including phenoxy) is 2. The molecule has 250 valence electrons. The normalized spacial score (nSPS) is 42.9. The molecule has 3 aliphatic heterocycles. The van der Waals surface area contributed by atoms with Gasteiger partial charge in [-0.05, 0) is 24.1 Å². The predicted octanol–water partition coefficient (Wildman–Crippen LogP) is -1.15. The Morgan fingerprint density at radius 2 is 1.79 bits per heavy atom. The molecule has 2 saturated carbocycles. The van der Waals surface area contributed by atoms with Crippen molar-refractivity contribution in [1.29, 1.82) is 0 Å². The van der Waals surface area contributed by atoms with Crippen LogP contribution in [-0.4, -0.2) is 104 Å². The molecule has 1 spiro atoms. The van der Waals surface area contributed by atoms with Crippen LogP contribution < -0.4 is 17.0 Å². The molecule has 4 aromatic heterocycles. The second-order valence-corrected chi connectivity index (χ2v) is 16.5. The SMILES string of the molecule is Nc1nc2c(ncn2[C@@H]2O[C@@]34CO[C@@H]2[C@@H]3OP(=O)(O)OC[C@]23C[C@@H]2[C@@H](n2cnc5c(N)ncnc52)[C@H](O)[C@@H]3OP(O)(=S)OC4)c(=O)[nH]1. The molecule has 0 radical (unpaired) electrons. The fourth-order valence-corrected chi connectivity index (χ4v) is 10.1. The smallest absolute Gasteiger partial charge is 0.388 e. The summed E-state index contributed by atoms with van der Waals surface area (Å²) in [5.41, 5.74) is 9.18. The number of phosphoric ester groups is 1. The van der Waals surface area contributed by atoms with Gasteiger partial charge < -0.3 is 49.4 Å². The van der Waals surface area contributed by atoms with E-state index in [0.717, 1.165) is 0 Å². The molecule has 2 unspecified atom stereocenters. The van der Waals surface area contributed by atoms with Gasteiger partial charge in [0.2, 0.25) is 5.95 Å². The van der Waals surface area contributed by atoms with E-state index in [1.165, 1.54) is 23.5 Å². The van der Waals surface area contributed by atoms with Gasteiger partial charge in [-0.1, -0.05) is 0 Å². The Bertz CT molecular complexity index is 2130. The van der Waals surface area contributed by atoms with Gasteiger partial charge in [0.25, 0.3) is 5.56 Å². The second kappa shape index (κ2) is 9.80. The number of hydrogen-bond acceptors (Lipinski definition) is 17. The van der Waals surface area contributed by atoms with Gasteiger partial charge in [-0.25, -0.2) is 24.5 Å². The first-order valence-corrected chi connectivity index (χ1v) is 18.3. The third-order valence-corrected chi connectivity index (χ3v) is 12.2. The van der Waals surface area contributed by atoms with E-state index in [9.17, 15) is 24.3 Å². The molecular formula is C23H26N10O11P2S. The van der Waals surface area contributed by atoms with Gasteiger partial charge in [0.15, 0.2) is 28.9 Å². The van der Waals surface area contributed by atoms with Crippen LogP contribution in [0.4, 0.5) is 11.8 Å². The number of imidazole rings is 2. The van der Waals surface area contributed by atoms with Crippen LogP contribution in [0.1, 0.15) is 18.7 Å². The molecule has 7 heterocycles. The molecular weight excluding hydrogens is 686 g/mol. The van der Waals surface area contributed by atoms with Crippen molar-refractivity contribution in [3.05, 3.63) is 29.3 Å². The van der Waals surface area contributed by atoms with Crippen LogP contribution in [0.5, 0.6) is 0 Å². The van der Waals surface area contributed by atoms with E-state index in [0.29, 0.717) is 17.6 Å². The van der Waals surface area contributed by atoms with Crippen molar-refractivity contribution >= 4 is 60.4 Å². The summed E-state index contributed by atoms with van der Waals surface area (Å²) in [4.78, 5) is 57.9. The molecule has 5 fully saturated rings. The summed E-state index contributed by atoms with van der Waals surface area (Å²) in [6.07, 6.45) is -1.54. The summed E-state index contributed by atoms with van der Waals surface area (Å²) < 4.78 is 52.0. The number of H-pyrrole nitrogens is 1. The Morgan fingerprint density at radius 3 is 2.62 bits per heavy atom. The van der Waals surface area contributed by atoms with Gasteiger partial charge in [0.1, 0.15) is 41.9 Å². The average molecular weight is 713 g/mol. The van der Waals surface area contributed by atoms with E-state index in [4.69, 9.17) is 50.8 Å². The highest BCUT2D eigenvalue weighted by Gasteiger charge is 2.74. The molecule has 5 aliphatic rings. The number of aromatic amines is 1. The number of nitrogens with two attached hydrogens (primary N) is 2. The topological polar surface area (TPSA) is 292 Å². The summed E-state index contributed by atoms with van der Waals surface area (Å²) in [7, 11) is -4.86. The highest BCUT2D eigenvalue weighted by atomic mass is 32.5. The van der Waals surface area contributed by atoms with E-state index in [-0.39, 0.29) is 35.5 Å². The number of rotatable bonds is 2. The van der Waals surface area contributed by atoms with E-state index >= 15 is 0 Å². The van der Waals surface area contributed by atoms with Crippen molar-refractivity contribution < 1.29 is 47.0 Å². The van der Waals surface area contributed by atoms with Crippen molar-refractivity contribution in [2.75, 3.05) is 31.3 Å². The Balaban J connectivity index is 1.05. The molecule has 0 amide bonds. The van der Waals surface area contributed by atoms with Crippen molar-refractivity contribution in [2.24, 2.45) is 11.3 Å². The Kier molecular flexibility index (Phi) is 6.28. The number of nitrogens with one attached hydrogen (secondary N) is 1. The lowest BCUT2D eigenvalue weighted by molar-refractivity contribution is -0.183. The van der Waals surface area contributed by atoms with Crippen molar-refractivity contribution in [3.63, 3.8) is 0 Å². The van der Waals surface area contributed by atoms with Crippen LogP contribution in [0.25, 0.3) is 22.3 Å². The number of aliphatic hydroxyl groups is 1. The molecule has 11 atom stereocenters. The van der Waals surface area contributed by atoms with E-state index in [1.807, 2.05) is 0 Å². The number of nitrogen functional groups attached to an aromatic ring is 2. The lowest BCUT2D eigenvalue weighted by Crippen LogP contribution is -2.46. The van der Waals surface area contributed by atoms with Crippen LogP contribution in [0.2, 0.25) is 0 Å². The van der Waals surface area contributed by atoms with E-state index < -0.39 is 81.0 Å². The first-order valence-electron chi connectivity index (χ1n) is 14.3. The largest absolute Gasteiger partial charge is 0.472 e. The van der Waals surface area contributed by atoms with Crippen LogP contribution in [0.3, 0.4) is 0 Å². The highest BCUT2D eigenvalue weighted by molar-refractivity contribution is 8.07. The first-order chi connectivity index (χ1) is 22.3. The number of fused-ring (bicyclic) bond motifs is 2. The maximum Gasteiger partial charge on any atom is 0.472 e. The lowest BCUT2D eigenvalue weighted by atomic mass is 10.0. The van der Waals surface area contributed by atoms with Gasteiger partial charge in [0, 0.05) is 5.41 Å². The van der Waals surface area contributed by atoms with Crippen LogP contribution in [0, 0.1) is 11.3 Å². The monoisotopic (exact) mass is 712 g/mol. The molecule has 24 heteroatoms. The molecule has 4 aromatic rings. The van der Waals surface area contributed by atoms with Gasteiger partial charge in [-0.3, -0.25) is 23.4 Å². The molecule has 0 aromatic carbocycles. The average Bonchev–Trinajstić information content (AvgIpc) is 3.43. The van der Waals surface area contributed by atoms with Gasteiger partial charge in [-0.2, -0.15) is 4.98 Å². The van der Waals surface area contributed by atoms with Crippen LogP contribution in [-0.2, 0) is 43.9 Å². The van der Waals surface area contributed by atoms with Crippen LogP contribution >= 0.6 is 14.5 Å². The number of aliphatic hydroxyl groups excluding tert-OH is 1. The molecule has 2 aliphatic carbocycles. The minimum absolute atomic E-state index is 0.0316. The number of hydrogen-bond donors (Lipinski definition) is 6. The van der Waals surface area contributed by atoms with E-state index in [1.54, 1.807) is 4.57 Å². The molecule has 9 rings (SSSR count). The zero-order valence-corrected chi connectivity index (χ0v) is 26.4. The van der Waals surface area contributed by atoms with Gasteiger partial charge in [0.05, 0.1) is 38.5 Å². The predicted molar refractivity (Wildman–Crippen MR) is 158 cm³/mol. The van der Waals surface area contributed by atoms with E-state index in [2.05, 4.69) is 29.9 Å². The van der Waals surface area contributed by atoms with Crippen molar-refractivity contribution in [1.82, 2.24) is 39.0 Å². The number of aromatic nitrogens is 8. The first kappa shape index (κ1) is 30.1. The van der Waals surface area contributed by atoms with Crippen molar-refractivity contribution in [2.45, 2.75) is 48.7 Å². The summed E-state index contributed by atoms with van der Waals surface area (Å²) >= 11 is 5.41. The highest BCUT2D eigenvalue weighted by Crippen LogP contribution is 2.72. The number of nitrogens with zero attached hydrogens (tertiary/aromatic N) is 7. The Hall–Kier alpha value is -2.98. The fourth-order valence-electron chi connectivity index (χ4n) is 7.50. The Labute approximate surface area is 267 Å². The Morgan fingerprint density at radius 1 is 1.00 bits per heavy atom. The molecule has 47 heavy (non-hydrogen) atoms. The summed E-state index contributed by atoms with van der Waals surface area (Å²) in [6, 6.07) is -0.701. The van der Waals surface area contributed by atoms with Crippen LogP contribution in [0.15, 0.2) is 23.8 Å². The standard InChI is InChI=1S/C23H26N10O11P2S/c24-16-9-17(27-5-26-16)32(6-28-9)11-8-1-22(8)2-40-45(36,37)43-15-13-20(33-7-29-10-18(33)30-21(25)31-19(10)35)42-23(15,3-39-13)4-41-46(38,47)44-14(22)12(11)34/h5-8,11-15,20,34H,1-4H2,(H,36,37)(H,38,47)(H2,24,26,27)(H3,25,30,31,35)/t8-,11-,12+,13-,14+,15+,20-,22-,23-,46?/m1/s1. The molecule has 2 bridgehead atoms. The number of phosphoric acid groups is 1. The molecule has 3 saturated heterocycles. The summed E-state index contributed by atoms with van der Waals surface area (Å²) in [6.45, 7) is -5.25. The second-order valence-electron chi connectivity index (χ2n) is 12.3. The third-order valence-electron chi connectivity index (χ3n) is 9.69. The molecule has 8 N–H and O–H groups in total. The lowest BCUT2D eigenvalue weighted by Gasteiger charge is -2.35. The minimum atomic E-state index is -4.86. The maximum absolute atomic E-state index is 13.6. The minimum Gasteiger partial charge on any atom is -0.388 e. The molecule has 21 nitrogen and oxygen atoms in total. The van der Waals surface area contributed by atoms with Gasteiger partial charge in [-0.15, -0.1) is 0 Å². The fraction of sp³-hybridized carbons (Fsp3) is 0.565. The summed E-state index contributed by atoms with van der Waals surface area (Å²) in [5.74, 6) is -0.398. The quantitative estimate of drug-likeness (QED) is 0.134. The zero-order valence-electron chi connectivity index (χ0n) is 23.8. The summed E-state index contributed by atoms with van der Waals surface area (Å²) in [5, 5.41) is 11.6. The van der Waals surface area contributed by atoms with Gasteiger partial charge >= 0.3 is 14.5 Å². The third kappa shape index (κ3) is 4.35. The maximum atomic E-state index is 13.6. The number of anilines is 2. The zero-order chi connectivity index (χ0) is 32.7.